The maximum absolute atomic E-state index is 10.8. The molecule has 3 nitrogen and oxygen atoms in total. The Kier molecular flexibility index (Phi) is 3.86. The minimum Gasteiger partial charge on any atom is -0.475 e. The molecule has 2 N–H and O–H groups in total. The molecule has 3 heteroatoms. The molecule has 1 aromatic rings. The van der Waals surface area contributed by atoms with Crippen molar-refractivity contribution in [3.8, 4) is 5.75 Å². The first-order valence-electron chi connectivity index (χ1n) is 5.07. The van der Waals surface area contributed by atoms with Crippen LogP contribution >= 0.6 is 0 Å². The number of carbonyl (C=O) groups is 1. The van der Waals surface area contributed by atoms with Crippen molar-refractivity contribution in [2.45, 2.75) is 33.4 Å². The van der Waals surface area contributed by atoms with Crippen LogP contribution in [-0.4, -0.2) is 12.5 Å². The van der Waals surface area contributed by atoms with Crippen LogP contribution in [0.4, 0.5) is 0 Å². The van der Waals surface area contributed by atoms with Gasteiger partial charge in [0.15, 0.2) is 6.29 Å². The molecule has 1 aromatic carbocycles. The standard InChI is InChI=1S/C12H17NO2/c1-4-11(13)15-12-9(3)8(2)5-6-10(12)7-14/h5-7,11H,4,13H2,1-3H3. The Labute approximate surface area is 90.2 Å². The fourth-order valence-corrected chi connectivity index (χ4v) is 1.29. The summed E-state index contributed by atoms with van der Waals surface area (Å²) in [7, 11) is 0. The van der Waals surface area contributed by atoms with Crippen LogP contribution in [0, 0.1) is 13.8 Å². The third kappa shape index (κ3) is 2.57. The van der Waals surface area contributed by atoms with Gasteiger partial charge in [-0.15, -0.1) is 0 Å². The van der Waals surface area contributed by atoms with E-state index in [0.717, 1.165) is 17.4 Å². The van der Waals surface area contributed by atoms with Crippen LogP contribution in [0.1, 0.15) is 34.8 Å². The fraction of sp³-hybridized carbons (Fsp3) is 0.417. The van der Waals surface area contributed by atoms with E-state index < -0.39 is 0 Å². The quantitative estimate of drug-likeness (QED) is 0.608. The molecule has 0 saturated heterocycles. The molecular formula is C12H17NO2. The lowest BCUT2D eigenvalue weighted by molar-refractivity contribution is 0.111. The first-order valence-corrected chi connectivity index (χ1v) is 5.07. The SMILES string of the molecule is CCC(N)Oc1c(C=O)ccc(C)c1C. The zero-order valence-corrected chi connectivity index (χ0v) is 9.41. The van der Waals surface area contributed by atoms with Crippen LogP contribution in [0.3, 0.4) is 0 Å². The van der Waals surface area contributed by atoms with Gasteiger partial charge < -0.3 is 4.74 Å². The second-order valence-electron chi connectivity index (χ2n) is 3.61. The number of hydrogen-bond acceptors (Lipinski definition) is 3. The third-order valence-corrected chi connectivity index (χ3v) is 2.51. The van der Waals surface area contributed by atoms with Crippen molar-refractivity contribution in [3.05, 3.63) is 28.8 Å². The Bertz CT molecular complexity index is 361. The summed E-state index contributed by atoms with van der Waals surface area (Å²) >= 11 is 0. The summed E-state index contributed by atoms with van der Waals surface area (Å²) in [6, 6.07) is 3.66. The lowest BCUT2D eigenvalue weighted by Crippen LogP contribution is -2.26. The Hall–Kier alpha value is -1.35. The third-order valence-electron chi connectivity index (χ3n) is 2.51. The van der Waals surface area contributed by atoms with Gasteiger partial charge in [0, 0.05) is 0 Å². The molecule has 0 bridgehead atoms. The van der Waals surface area contributed by atoms with Crippen molar-refractivity contribution >= 4 is 6.29 Å². The summed E-state index contributed by atoms with van der Waals surface area (Å²) in [5, 5.41) is 0. The summed E-state index contributed by atoms with van der Waals surface area (Å²) in [5.41, 5.74) is 8.34. The fourth-order valence-electron chi connectivity index (χ4n) is 1.29. The van der Waals surface area contributed by atoms with E-state index in [1.54, 1.807) is 6.07 Å². The molecule has 0 radical (unpaired) electrons. The highest BCUT2D eigenvalue weighted by Gasteiger charge is 2.11. The van der Waals surface area contributed by atoms with Crippen molar-refractivity contribution in [3.63, 3.8) is 0 Å². The number of ether oxygens (including phenoxy) is 1. The van der Waals surface area contributed by atoms with Crippen molar-refractivity contribution < 1.29 is 9.53 Å². The predicted molar refractivity (Wildman–Crippen MR) is 60.2 cm³/mol. The maximum Gasteiger partial charge on any atom is 0.153 e. The average Bonchev–Trinajstić information content (AvgIpc) is 2.25. The molecule has 0 heterocycles. The van der Waals surface area contributed by atoms with Gasteiger partial charge in [-0.25, -0.2) is 0 Å². The second-order valence-corrected chi connectivity index (χ2v) is 3.61. The predicted octanol–water partition coefficient (Wildman–Crippen LogP) is 2.19. The van der Waals surface area contributed by atoms with Crippen molar-refractivity contribution in [2.75, 3.05) is 0 Å². The molecule has 0 aromatic heterocycles. The van der Waals surface area contributed by atoms with Gasteiger partial charge in [0.05, 0.1) is 5.56 Å². The van der Waals surface area contributed by atoms with Gasteiger partial charge in [0.2, 0.25) is 0 Å². The topological polar surface area (TPSA) is 52.3 Å². The first-order chi connectivity index (χ1) is 7.10. The largest absolute Gasteiger partial charge is 0.475 e. The van der Waals surface area contributed by atoms with E-state index in [1.165, 1.54) is 0 Å². The van der Waals surface area contributed by atoms with E-state index in [-0.39, 0.29) is 6.23 Å². The Morgan fingerprint density at radius 3 is 2.67 bits per heavy atom. The van der Waals surface area contributed by atoms with E-state index >= 15 is 0 Å². The summed E-state index contributed by atoms with van der Waals surface area (Å²) in [6.45, 7) is 5.85. The summed E-state index contributed by atoms with van der Waals surface area (Å²) in [6.07, 6.45) is 1.15. The lowest BCUT2D eigenvalue weighted by Gasteiger charge is -2.17. The minimum atomic E-state index is -0.357. The number of aryl methyl sites for hydroxylation is 1. The molecule has 0 fully saturated rings. The highest BCUT2D eigenvalue weighted by atomic mass is 16.5. The maximum atomic E-state index is 10.8. The van der Waals surface area contributed by atoms with Crippen molar-refractivity contribution in [1.29, 1.82) is 0 Å². The molecule has 15 heavy (non-hydrogen) atoms. The van der Waals surface area contributed by atoms with E-state index in [4.69, 9.17) is 10.5 Å². The van der Waals surface area contributed by atoms with Crippen LogP contribution in [-0.2, 0) is 0 Å². The van der Waals surface area contributed by atoms with Gasteiger partial charge in [-0.05, 0) is 37.5 Å². The van der Waals surface area contributed by atoms with E-state index in [9.17, 15) is 4.79 Å². The number of benzene rings is 1. The molecule has 1 unspecified atom stereocenters. The number of aldehydes is 1. The number of hydrogen-bond donors (Lipinski definition) is 1. The van der Waals surface area contributed by atoms with Gasteiger partial charge in [0.1, 0.15) is 12.0 Å². The van der Waals surface area contributed by atoms with Gasteiger partial charge in [-0.1, -0.05) is 13.0 Å². The van der Waals surface area contributed by atoms with Crippen LogP contribution < -0.4 is 10.5 Å². The normalized spacial score (nSPS) is 12.3. The number of carbonyl (C=O) groups excluding carboxylic acids is 1. The molecule has 82 valence electrons. The summed E-state index contributed by atoms with van der Waals surface area (Å²) in [5.74, 6) is 0.611. The molecule has 0 aliphatic carbocycles. The molecule has 0 aliphatic heterocycles. The first kappa shape index (κ1) is 11.7. The summed E-state index contributed by atoms with van der Waals surface area (Å²) < 4.78 is 5.54. The molecule has 0 saturated carbocycles. The molecule has 0 aliphatic rings. The van der Waals surface area contributed by atoms with E-state index in [1.807, 2.05) is 26.8 Å². The number of rotatable bonds is 4. The summed E-state index contributed by atoms with van der Waals surface area (Å²) in [4.78, 5) is 10.8. The molecule has 0 spiro atoms. The van der Waals surface area contributed by atoms with Crippen LogP contribution in [0.5, 0.6) is 5.75 Å². The zero-order chi connectivity index (χ0) is 11.4. The Balaban J connectivity index is 3.12. The highest BCUT2D eigenvalue weighted by Crippen LogP contribution is 2.25. The molecule has 1 rings (SSSR count). The molecular weight excluding hydrogens is 190 g/mol. The van der Waals surface area contributed by atoms with E-state index in [0.29, 0.717) is 17.7 Å². The Morgan fingerprint density at radius 1 is 1.47 bits per heavy atom. The number of nitrogens with two attached hydrogens (primary N) is 1. The van der Waals surface area contributed by atoms with E-state index in [2.05, 4.69) is 0 Å². The minimum absolute atomic E-state index is 0.357. The second kappa shape index (κ2) is 4.94. The monoisotopic (exact) mass is 207 g/mol. The average molecular weight is 207 g/mol. The zero-order valence-electron chi connectivity index (χ0n) is 9.41. The van der Waals surface area contributed by atoms with Crippen molar-refractivity contribution in [2.24, 2.45) is 5.73 Å². The van der Waals surface area contributed by atoms with Gasteiger partial charge in [-0.2, -0.15) is 0 Å². The smallest absolute Gasteiger partial charge is 0.153 e. The lowest BCUT2D eigenvalue weighted by atomic mass is 10.1. The highest BCUT2D eigenvalue weighted by molar-refractivity contribution is 5.80. The van der Waals surface area contributed by atoms with Gasteiger partial charge in [0.25, 0.3) is 0 Å². The van der Waals surface area contributed by atoms with Crippen LogP contribution in [0.25, 0.3) is 0 Å². The molecule has 1 atom stereocenters. The Morgan fingerprint density at radius 2 is 2.13 bits per heavy atom. The molecule has 0 amide bonds. The van der Waals surface area contributed by atoms with Gasteiger partial charge >= 0.3 is 0 Å². The van der Waals surface area contributed by atoms with Crippen LogP contribution in [0.2, 0.25) is 0 Å². The van der Waals surface area contributed by atoms with Crippen LogP contribution in [0.15, 0.2) is 12.1 Å². The van der Waals surface area contributed by atoms with Crippen molar-refractivity contribution in [1.82, 2.24) is 0 Å². The van der Waals surface area contributed by atoms with Gasteiger partial charge in [-0.3, -0.25) is 10.5 Å².